The van der Waals surface area contributed by atoms with E-state index in [9.17, 15) is 0 Å². The van der Waals surface area contributed by atoms with E-state index in [1.807, 2.05) is 11.8 Å². The van der Waals surface area contributed by atoms with Crippen LogP contribution in [0.15, 0.2) is 12.1 Å². The van der Waals surface area contributed by atoms with Crippen molar-refractivity contribution < 1.29 is 0 Å². The van der Waals surface area contributed by atoms with Crippen LogP contribution in [0.1, 0.15) is 47.9 Å². The van der Waals surface area contributed by atoms with Crippen LogP contribution in [-0.4, -0.2) is 17.5 Å². The van der Waals surface area contributed by atoms with Gasteiger partial charge in [0, 0.05) is 17.8 Å². The van der Waals surface area contributed by atoms with Crippen LogP contribution in [0.25, 0.3) is 0 Å². The fourth-order valence-corrected chi connectivity index (χ4v) is 4.03. The van der Waals surface area contributed by atoms with Crippen LogP contribution < -0.4 is 5.32 Å². The van der Waals surface area contributed by atoms with Crippen LogP contribution in [0.4, 0.5) is 0 Å². The second kappa shape index (κ2) is 6.81. The zero-order valence-electron chi connectivity index (χ0n) is 12.8. The van der Waals surface area contributed by atoms with E-state index < -0.39 is 0 Å². The predicted octanol–water partition coefficient (Wildman–Crippen LogP) is 4.38. The van der Waals surface area contributed by atoms with Crippen molar-refractivity contribution >= 4 is 11.8 Å². The van der Waals surface area contributed by atoms with Gasteiger partial charge in [0.25, 0.3) is 0 Å². The van der Waals surface area contributed by atoms with Crippen molar-refractivity contribution in [3.63, 3.8) is 0 Å². The molecule has 2 rings (SSSR count). The molecule has 1 aliphatic carbocycles. The third kappa shape index (κ3) is 3.76. The number of hydrogen-bond acceptors (Lipinski definition) is 2. The van der Waals surface area contributed by atoms with Gasteiger partial charge in [0.1, 0.15) is 0 Å². The van der Waals surface area contributed by atoms with E-state index in [4.69, 9.17) is 0 Å². The zero-order chi connectivity index (χ0) is 13.8. The summed E-state index contributed by atoms with van der Waals surface area (Å²) in [7, 11) is 0. The topological polar surface area (TPSA) is 12.0 Å². The van der Waals surface area contributed by atoms with Gasteiger partial charge in [0.05, 0.1) is 0 Å². The Morgan fingerprint density at radius 3 is 2.47 bits per heavy atom. The summed E-state index contributed by atoms with van der Waals surface area (Å²) in [4.78, 5) is 0. The fourth-order valence-electron chi connectivity index (χ4n) is 3.06. The van der Waals surface area contributed by atoms with Gasteiger partial charge in [-0.15, -0.1) is 0 Å². The summed E-state index contributed by atoms with van der Waals surface area (Å²) < 4.78 is 0. The summed E-state index contributed by atoms with van der Waals surface area (Å²) in [5.74, 6) is 0. The molecule has 0 bridgehead atoms. The van der Waals surface area contributed by atoms with Crippen LogP contribution in [-0.2, 0) is 6.54 Å². The highest BCUT2D eigenvalue weighted by Gasteiger charge is 2.23. The van der Waals surface area contributed by atoms with Gasteiger partial charge in [-0.25, -0.2) is 0 Å². The average Bonchev–Trinajstić information content (AvgIpc) is 2.41. The lowest BCUT2D eigenvalue weighted by atomic mass is 9.94. The smallest absolute Gasteiger partial charge is 0.0211 e. The Morgan fingerprint density at radius 2 is 1.74 bits per heavy atom. The quantitative estimate of drug-likeness (QED) is 0.876. The molecule has 1 nitrogen and oxygen atoms in total. The summed E-state index contributed by atoms with van der Waals surface area (Å²) in [6.07, 6.45) is 7.78. The summed E-state index contributed by atoms with van der Waals surface area (Å²) in [6, 6.07) is 5.37. The minimum Gasteiger partial charge on any atom is -0.309 e. The number of rotatable bonds is 4. The molecule has 19 heavy (non-hydrogen) atoms. The molecule has 0 saturated heterocycles. The van der Waals surface area contributed by atoms with Crippen molar-refractivity contribution in [2.45, 2.75) is 64.3 Å². The Morgan fingerprint density at radius 1 is 1.05 bits per heavy atom. The fraction of sp³-hybridized carbons (Fsp3) is 0.647. The molecular weight excluding hydrogens is 250 g/mol. The van der Waals surface area contributed by atoms with E-state index in [-0.39, 0.29) is 0 Å². The Balaban J connectivity index is 1.99. The first-order valence-electron chi connectivity index (χ1n) is 7.44. The molecule has 1 aliphatic rings. The van der Waals surface area contributed by atoms with E-state index in [0.717, 1.165) is 11.8 Å². The third-order valence-corrected chi connectivity index (χ3v) is 5.68. The molecule has 0 aromatic heterocycles. The van der Waals surface area contributed by atoms with Crippen molar-refractivity contribution in [2.24, 2.45) is 0 Å². The minimum atomic E-state index is 0.699. The molecule has 1 aromatic carbocycles. The molecule has 1 saturated carbocycles. The maximum atomic E-state index is 3.81. The first kappa shape index (κ1) is 14.9. The minimum absolute atomic E-state index is 0.699. The van der Waals surface area contributed by atoms with Crippen molar-refractivity contribution in [2.75, 3.05) is 6.26 Å². The average molecular weight is 277 g/mol. The number of aryl methyl sites for hydroxylation is 3. The van der Waals surface area contributed by atoms with Gasteiger partial charge in [0.2, 0.25) is 0 Å². The molecule has 1 N–H and O–H groups in total. The van der Waals surface area contributed by atoms with Crippen LogP contribution in [0, 0.1) is 20.8 Å². The van der Waals surface area contributed by atoms with Gasteiger partial charge in [-0.3, -0.25) is 0 Å². The summed E-state index contributed by atoms with van der Waals surface area (Å²) in [5.41, 5.74) is 5.70. The van der Waals surface area contributed by atoms with E-state index >= 15 is 0 Å². The molecular formula is C17H27NS. The van der Waals surface area contributed by atoms with E-state index in [0.29, 0.717) is 6.04 Å². The molecule has 0 radical (unpaired) electrons. The molecule has 0 heterocycles. The first-order chi connectivity index (χ1) is 9.11. The van der Waals surface area contributed by atoms with Crippen molar-refractivity contribution in [3.05, 3.63) is 34.4 Å². The normalized spacial score (nSPS) is 23.6. The monoisotopic (exact) mass is 277 g/mol. The van der Waals surface area contributed by atoms with Crippen LogP contribution in [0.3, 0.4) is 0 Å². The van der Waals surface area contributed by atoms with Crippen molar-refractivity contribution in [3.8, 4) is 0 Å². The standard InChI is InChI=1S/C17H27NS/c1-12-9-14(3)15(10-13(12)2)11-18-16-7-5-6-8-17(16)19-4/h9-10,16-18H,5-8,11H2,1-4H3. The molecule has 0 amide bonds. The van der Waals surface area contributed by atoms with Gasteiger partial charge in [-0.1, -0.05) is 25.0 Å². The van der Waals surface area contributed by atoms with Gasteiger partial charge in [-0.05, 0) is 62.1 Å². The molecule has 1 aromatic rings. The Labute approximate surface area is 122 Å². The maximum Gasteiger partial charge on any atom is 0.0211 e. The predicted molar refractivity (Wildman–Crippen MR) is 87.1 cm³/mol. The number of thioether (sulfide) groups is 1. The Bertz CT molecular complexity index is 428. The molecule has 1 fully saturated rings. The zero-order valence-corrected chi connectivity index (χ0v) is 13.6. The van der Waals surface area contributed by atoms with Crippen LogP contribution in [0.5, 0.6) is 0 Å². The lowest BCUT2D eigenvalue weighted by molar-refractivity contribution is 0.383. The summed E-state index contributed by atoms with van der Waals surface area (Å²) in [5, 5.41) is 4.61. The molecule has 2 atom stereocenters. The molecule has 2 heteroatoms. The summed E-state index contributed by atoms with van der Waals surface area (Å²) >= 11 is 2.04. The van der Waals surface area contributed by atoms with Crippen molar-refractivity contribution in [1.82, 2.24) is 5.32 Å². The van der Waals surface area contributed by atoms with E-state index in [1.54, 1.807) is 0 Å². The molecule has 0 spiro atoms. The van der Waals surface area contributed by atoms with Gasteiger partial charge in [0.15, 0.2) is 0 Å². The SMILES string of the molecule is CSC1CCCCC1NCc1cc(C)c(C)cc1C. The first-order valence-corrected chi connectivity index (χ1v) is 8.73. The second-order valence-corrected chi connectivity index (χ2v) is 6.99. The van der Waals surface area contributed by atoms with E-state index in [2.05, 4.69) is 44.5 Å². The summed E-state index contributed by atoms with van der Waals surface area (Å²) in [6.45, 7) is 7.67. The van der Waals surface area contributed by atoms with Gasteiger partial charge in [-0.2, -0.15) is 11.8 Å². The highest BCUT2D eigenvalue weighted by atomic mass is 32.2. The van der Waals surface area contributed by atoms with Crippen molar-refractivity contribution in [1.29, 1.82) is 0 Å². The Kier molecular flexibility index (Phi) is 5.35. The Hall–Kier alpha value is -0.470. The molecule has 106 valence electrons. The van der Waals surface area contributed by atoms with Crippen LogP contribution >= 0.6 is 11.8 Å². The third-order valence-electron chi connectivity index (χ3n) is 4.51. The molecule has 0 aliphatic heterocycles. The largest absolute Gasteiger partial charge is 0.309 e. The van der Waals surface area contributed by atoms with Gasteiger partial charge >= 0.3 is 0 Å². The second-order valence-electron chi connectivity index (χ2n) is 5.91. The number of nitrogens with one attached hydrogen (secondary N) is 1. The lowest BCUT2D eigenvalue weighted by Gasteiger charge is -2.31. The molecule has 2 unspecified atom stereocenters. The maximum absolute atomic E-state index is 3.81. The van der Waals surface area contributed by atoms with Gasteiger partial charge < -0.3 is 5.32 Å². The number of benzene rings is 1. The lowest BCUT2D eigenvalue weighted by Crippen LogP contribution is -2.40. The highest BCUT2D eigenvalue weighted by Crippen LogP contribution is 2.27. The highest BCUT2D eigenvalue weighted by molar-refractivity contribution is 7.99. The number of hydrogen-bond donors (Lipinski definition) is 1. The van der Waals surface area contributed by atoms with Crippen LogP contribution in [0.2, 0.25) is 0 Å². The van der Waals surface area contributed by atoms with E-state index in [1.165, 1.54) is 47.9 Å².